The second-order valence-electron chi connectivity index (χ2n) is 6.03. The zero-order valence-electron chi connectivity index (χ0n) is 12.0. The van der Waals surface area contributed by atoms with Gasteiger partial charge in [-0.3, -0.25) is 0 Å². The van der Waals surface area contributed by atoms with Gasteiger partial charge in [0, 0.05) is 4.83 Å². The molecule has 2 aromatic rings. The predicted octanol–water partition coefficient (Wildman–Crippen LogP) is 5.72. The Hall–Kier alpha value is -1.15. The first-order valence-corrected chi connectivity index (χ1v) is 8.57. The number of benzene rings is 2. The summed E-state index contributed by atoms with van der Waals surface area (Å²) in [6.07, 6.45) is 4.56. The van der Waals surface area contributed by atoms with E-state index in [4.69, 9.17) is 0 Å². The molecule has 3 unspecified atom stereocenters. The highest BCUT2D eigenvalue weighted by Crippen LogP contribution is 2.40. The number of hydrogen-bond donors (Lipinski definition) is 0. The zero-order valence-corrected chi connectivity index (χ0v) is 13.6. The minimum Gasteiger partial charge on any atom is -0.207 e. The fourth-order valence-corrected chi connectivity index (χ4v) is 4.10. The van der Waals surface area contributed by atoms with Crippen LogP contribution in [0, 0.1) is 11.7 Å². The number of rotatable bonds is 3. The van der Waals surface area contributed by atoms with Crippen LogP contribution in [0.15, 0.2) is 54.6 Å². The molecule has 21 heavy (non-hydrogen) atoms. The van der Waals surface area contributed by atoms with Crippen LogP contribution in [-0.4, -0.2) is 4.83 Å². The van der Waals surface area contributed by atoms with Gasteiger partial charge >= 0.3 is 0 Å². The van der Waals surface area contributed by atoms with Crippen molar-refractivity contribution in [1.29, 1.82) is 0 Å². The van der Waals surface area contributed by atoms with Crippen molar-refractivity contribution in [2.75, 3.05) is 0 Å². The Morgan fingerprint density at radius 2 is 1.81 bits per heavy atom. The highest BCUT2D eigenvalue weighted by molar-refractivity contribution is 9.09. The highest BCUT2D eigenvalue weighted by atomic mass is 79.9. The maximum Gasteiger partial charge on any atom is 0.123 e. The third-order valence-corrected chi connectivity index (χ3v) is 5.75. The van der Waals surface area contributed by atoms with E-state index < -0.39 is 0 Å². The van der Waals surface area contributed by atoms with Crippen LogP contribution in [0.3, 0.4) is 0 Å². The van der Waals surface area contributed by atoms with Gasteiger partial charge in [0.1, 0.15) is 5.82 Å². The minimum atomic E-state index is -0.131. The molecule has 0 saturated heterocycles. The van der Waals surface area contributed by atoms with Gasteiger partial charge in [-0.15, -0.1) is 0 Å². The van der Waals surface area contributed by atoms with Crippen LogP contribution in [0.5, 0.6) is 0 Å². The predicted molar refractivity (Wildman–Crippen MR) is 89.3 cm³/mol. The SMILES string of the molecule is Fc1cccc(CC2CC(c3ccccc3)CCC2Br)c1. The zero-order chi connectivity index (χ0) is 14.7. The van der Waals surface area contributed by atoms with Crippen LogP contribution in [-0.2, 0) is 6.42 Å². The van der Waals surface area contributed by atoms with Crippen LogP contribution >= 0.6 is 15.9 Å². The van der Waals surface area contributed by atoms with E-state index in [0.717, 1.165) is 12.0 Å². The molecule has 3 atom stereocenters. The van der Waals surface area contributed by atoms with E-state index >= 15 is 0 Å². The molecule has 0 aliphatic heterocycles. The van der Waals surface area contributed by atoms with Crippen molar-refractivity contribution in [3.63, 3.8) is 0 Å². The monoisotopic (exact) mass is 346 g/mol. The Morgan fingerprint density at radius 3 is 2.57 bits per heavy atom. The van der Waals surface area contributed by atoms with Gasteiger partial charge in [-0.2, -0.15) is 0 Å². The second-order valence-corrected chi connectivity index (χ2v) is 7.21. The van der Waals surface area contributed by atoms with Crippen LogP contribution in [0.4, 0.5) is 4.39 Å². The third kappa shape index (κ3) is 3.74. The molecule has 1 saturated carbocycles. The molecule has 0 bridgehead atoms. The second kappa shape index (κ2) is 6.74. The lowest BCUT2D eigenvalue weighted by atomic mass is 9.76. The van der Waals surface area contributed by atoms with Crippen LogP contribution < -0.4 is 0 Å². The quantitative estimate of drug-likeness (QED) is 0.624. The number of alkyl halides is 1. The fourth-order valence-electron chi connectivity index (χ4n) is 3.43. The smallest absolute Gasteiger partial charge is 0.123 e. The molecule has 2 aromatic carbocycles. The van der Waals surface area contributed by atoms with E-state index in [1.807, 2.05) is 12.1 Å². The summed E-state index contributed by atoms with van der Waals surface area (Å²) in [6.45, 7) is 0. The van der Waals surface area contributed by atoms with Crippen molar-refractivity contribution in [3.05, 3.63) is 71.5 Å². The molecule has 2 heteroatoms. The summed E-state index contributed by atoms with van der Waals surface area (Å²) in [5, 5.41) is 0. The van der Waals surface area contributed by atoms with E-state index in [2.05, 4.69) is 46.3 Å². The van der Waals surface area contributed by atoms with E-state index in [-0.39, 0.29) is 5.82 Å². The van der Waals surface area contributed by atoms with E-state index in [9.17, 15) is 4.39 Å². The van der Waals surface area contributed by atoms with Gasteiger partial charge < -0.3 is 0 Å². The van der Waals surface area contributed by atoms with Crippen molar-refractivity contribution in [3.8, 4) is 0 Å². The van der Waals surface area contributed by atoms with Gasteiger partial charge in [0.25, 0.3) is 0 Å². The molecule has 0 N–H and O–H groups in total. The normalized spacial score (nSPS) is 25.7. The number of halogens is 2. The first-order chi connectivity index (χ1) is 10.2. The van der Waals surface area contributed by atoms with E-state index in [1.165, 1.54) is 30.9 Å². The van der Waals surface area contributed by atoms with Crippen molar-refractivity contribution in [1.82, 2.24) is 0 Å². The van der Waals surface area contributed by atoms with E-state index in [1.54, 1.807) is 6.07 Å². The highest BCUT2D eigenvalue weighted by Gasteiger charge is 2.29. The molecule has 3 rings (SSSR count). The van der Waals surface area contributed by atoms with Crippen LogP contribution in [0.2, 0.25) is 0 Å². The maximum atomic E-state index is 13.3. The summed E-state index contributed by atoms with van der Waals surface area (Å²) in [7, 11) is 0. The van der Waals surface area contributed by atoms with Gasteiger partial charge in [0.05, 0.1) is 0 Å². The summed E-state index contributed by atoms with van der Waals surface area (Å²) in [5.41, 5.74) is 2.55. The van der Waals surface area contributed by atoms with Crippen molar-refractivity contribution >= 4 is 15.9 Å². The molecular weight excluding hydrogens is 327 g/mol. The minimum absolute atomic E-state index is 0.131. The lowest BCUT2D eigenvalue weighted by Crippen LogP contribution is -2.26. The molecular formula is C19H20BrF. The Morgan fingerprint density at radius 1 is 1.00 bits per heavy atom. The summed E-state index contributed by atoms with van der Waals surface area (Å²) in [6, 6.07) is 17.8. The Kier molecular flexibility index (Phi) is 4.74. The molecule has 0 heterocycles. The largest absolute Gasteiger partial charge is 0.207 e. The summed E-state index contributed by atoms with van der Waals surface area (Å²) in [4.78, 5) is 0.542. The Labute approximate surface area is 134 Å². The maximum absolute atomic E-state index is 13.3. The Balaban J connectivity index is 1.72. The molecule has 0 amide bonds. The summed E-state index contributed by atoms with van der Waals surface area (Å²) in [5.74, 6) is 1.08. The average Bonchev–Trinajstić information content (AvgIpc) is 2.50. The van der Waals surface area contributed by atoms with Gasteiger partial charge in [-0.05, 0) is 60.8 Å². The van der Waals surface area contributed by atoms with Gasteiger partial charge in [0.15, 0.2) is 0 Å². The molecule has 1 aliphatic rings. The molecule has 1 aliphatic carbocycles. The van der Waals surface area contributed by atoms with Crippen LogP contribution in [0.25, 0.3) is 0 Å². The third-order valence-electron chi connectivity index (χ3n) is 4.55. The molecule has 0 radical (unpaired) electrons. The number of hydrogen-bond acceptors (Lipinski definition) is 0. The molecule has 0 nitrogen and oxygen atoms in total. The fraction of sp³-hybridized carbons (Fsp3) is 0.368. The molecule has 1 fully saturated rings. The summed E-state index contributed by atoms with van der Waals surface area (Å²) >= 11 is 3.84. The lowest BCUT2D eigenvalue weighted by Gasteiger charge is -2.33. The average molecular weight is 347 g/mol. The molecule has 110 valence electrons. The van der Waals surface area contributed by atoms with Crippen molar-refractivity contribution in [2.45, 2.75) is 36.4 Å². The van der Waals surface area contributed by atoms with Gasteiger partial charge in [-0.25, -0.2) is 4.39 Å². The van der Waals surface area contributed by atoms with Crippen LogP contribution in [0.1, 0.15) is 36.3 Å². The standard InChI is InChI=1S/C19H20BrF/c20-19-10-9-16(15-6-2-1-3-7-15)13-17(19)11-14-5-4-8-18(21)12-14/h1-8,12,16-17,19H,9-11,13H2. The topological polar surface area (TPSA) is 0 Å². The Bertz CT molecular complexity index is 581. The first-order valence-electron chi connectivity index (χ1n) is 7.66. The van der Waals surface area contributed by atoms with Gasteiger partial charge in [0.2, 0.25) is 0 Å². The van der Waals surface area contributed by atoms with Gasteiger partial charge in [-0.1, -0.05) is 58.4 Å². The van der Waals surface area contributed by atoms with Crippen molar-refractivity contribution in [2.24, 2.45) is 5.92 Å². The first kappa shape index (κ1) is 14.8. The molecule has 0 aromatic heterocycles. The summed E-state index contributed by atoms with van der Waals surface area (Å²) < 4.78 is 13.3. The lowest BCUT2D eigenvalue weighted by molar-refractivity contribution is 0.335. The van der Waals surface area contributed by atoms with E-state index in [0.29, 0.717) is 16.7 Å². The molecule has 0 spiro atoms. The van der Waals surface area contributed by atoms with Crippen molar-refractivity contribution < 1.29 is 4.39 Å².